The number of nitrogens with one attached hydrogen (secondary N) is 2. The summed E-state index contributed by atoms with van der Waals surface area (Å²) in [5.41, 5.74) is 6.96. The van der Waals surface area contributed by atoms with E-state index in [1.54, 1.807) is 54.6 Å². The van der Waals surface area contributed by atoms with Gasteiger partial charge in [0.15, 0.2) is 15.7 Å². The van der Waals surface area contributed by atoms with Crippen molar-refractivity contribution in [1.82, 2.24) is 5.16 Å². The molecule has 0 spiro atoms. The summed E-state index contributed by atoms with van der Waals surface area (Å²) in [7, 11) is -3.98. The van der Waals surface area contributed by atoms with Crippen molar-refractivity contribution >= 4 is 27.3 Å². The Kier molecular flexibility index (Phi) is 5.99. The number of nitrogens with zero attached hydrogens (tertiary/aromatic N) is 1. The van der Waals surface area contributed by atoms with Crippen LogP contribution in [0.4, 0.5) is 10.1 Å². The van der Waals surface area contributed by atoms with Gasteiger partial charge in [-0.15, -0.1) is 0 Å². The first-order chi connectivity index (χ1) is 16.2. The van der Waals surface area contributed by atoms with Gasteiger partial charge in [0.25, 0.3) is 5.91 Å². The number of rotatable bonds is 6. The maximum absolute atomic E-state index is 15.4. The molecule has 10 heteroatoms. The molecule has 0 aliphatic rings. The summed E-state index contributed by atoms with van der Waals surface area (Å²) in [5.74, 6) is -1.99. The van der Waals surface area contributed by atoms with Gasteiger partial charge in [-0.3, -0.25) is 10.2 Å². The lowest BCUT2D eigenvalue weighted by molar-refractivity contribution is 0.102. The number of carbonyl (C=O) groups excluding carboxylic acids is 1. The van der Waals surface area contributed by atoms with Crippen LogP contribution < -0.4 is 11.1 Å². The number of amidine groups is 1. The molecule has 4 rings (SSSR count). The highest BCUT2D eigenvalue weighted by atomic mass is 32.2. The Balaban J connectivity index is 1.73. The predicted molar refractivity (Wildman–Crippen MR) is 126 cm³/mol. The fraction of sp³-hybridized carbons (Fsp3) is 0.0417. The van der Waals surface area contributed by atoms with Crippen LogP contribution in [0.15, 0.2) is 82.4 Å². The molecule has 0 aliphatic heterocycles. The predicted octanol–water partition coefficient (Wildman–Crippen LogP) is 4.09. The standard InChI is InChI=1S/C24H19FN4O4S/c1-34(31,32)22-17(14-6-3-2-4-7-14)10-11-19(20(22)25)28-24(30)18-13-33-29-21(18)15-8-5-9-16(12-15)23(26)27/h2-13H,1H3,(H3,26,27)(H,28,30). The second-order valence-electron chi connectivity index (χ2n) is 7.47. The van der Waals surface area contributed by atoms with Crippen molar-refractivity contribution in [3.8, 4) is 22.4 Å². The topological polar surface area (TPSA) is 139 Å². The number of sulfone groups is 1. The molecule has 0 atom stereocenters. The minimum atomic E-state index is -3.98. The first-order valence-corrected chi connectivity index (χ1v) is 11.8. The molecule has 0 saturated carbocycles. The average molecular weight is 479 g/mol. The van der Waals surface area contributed by atoms with E-state index in [1.165, 1.54) is 12.1 Å². The zero-order valence-electron chi connectivity index (χ0n) is 17.9. The van der Waals surface area contributed by atoms with E-state index in [2.05, 4.69) is 10.5 Å². The lowest BCUT2D eigenvalue weighted by Gasteiger charge is -2.14. The molecule has 3 aromatic carbocycles. The van der Waals surface area contributed by atoms with Crippen molar-refractivity contribution in [3.63, 3.8) is 0 Å². The van der Waals surface area contributed by atoms with Crippen LogP contribution in [0.3, 0.4) is 0 Å². The Morgan fingerprint density at radius 3 is 2.44 bits per heavy atom. The van der Waals surface area contributed by atoms with E-state index in [9.17, 15) is 13.2 Å². The smallest absolute Gasteiger partial charge is 0.261 e. The minimum absolute atomic E-state index is 0.00635. The molecule has 0 radical (unpaired) electrons. The summed E-state index contributed by atoms with van der Waals surface area (Å²) in [5, 5.41) is 13.8. The Bertz CT molecular complexity index is 1520. The second kappa shape index (κ2) is 8.91. The molecule has 0 aliphatic carbocycles. The van der Waals surface area contributed by atoms with Crippen molar-refractivity contribution in [3.05, 3.63) is 89.9 Å². The molecule has 34 heavy (non-hydrogen) atoms. The first kappa shape index (κ1) is 22.9. The molecular formula is C24H19FN4O4S. The van der Waals surface area contributed by atoms with Gasteiger partial charge in [0, 0.05) is 22.9 Å². The van der Waals surface area contributed by atoms with E-state index >= 15 is 4.39 Å². The monoisotopic (exact) mass is 478 g/mol. The molecule has 4 aromatic rings. The summed E-state index contributed by atoms with van der Waals surface area (Å²) in [6.07, 6.45) is 2.00. The summed E-state index contributed by atoms with van der Waals surface area (Å²) >= 11 is 0. The lowest BCUT2D eigenvalue weighted by atomic mass is 10.0. The molecule has 1 heterocycles. The minimum Gasteiger partial charge on any atom is -0.384 e. The first-order valence-electron chi connectivity index (χ1n) is 9.95. The number of carbonyl (C=O) groups is 1. The number of amides is 1. The van der Waals surface area contributed by atoms with Gasteiger partial charge in [0.2, 0.25) is 0 Å². The number of halogens is 1. The third-order valence-corrected chi connectivity index (χ3v) is 6.20. The van der Waals surface area contributed by atoms with Crippen LogP contribution in [0.25, 0.3) is 22.4 Å². The van der Waals surface area contributed by atoms with Gasteiger partial charge in [-0.2, -0.15) is 0 Å². The van der Waals surface area contributed by atoms with Crippen LogP contribution in [-0.4, -0.2) is 31.6 Å². The molecule has 0 bridgehead atoms. The third-order valence-electron chi connectivity index (χ3n) is 5.06. The van der Waals surface area contributed by atoms with Crippen LogP contribution in [0, 0.1) is 11.2 Å². The molecule has 0 fully saturated rings. The highest BCUT2D eigenvalue weighted by Gasteiger charge is 2.25. The molecule has 8 nitrogen and oxygen atoms in total. The van der Waals surface area contributed by atoms with Crippen LogP contribution in [-0.2, 0) is 9.84 Å². The Hall–Kier alpha value is -4.31. The van der Waals surface area contributed by atoms with E-state index in [0.29, 0.717) is 16.7 Å². The van der Waals surface area contributed by atoms with Gasteiger partial charge in [-0.05, 0) is 17.7 Å². The van der Waals surface area contributed by atoms with E-state index in [-0.39, 0.29) is 28.3 Å². The number of benzene rings is 3. The van der Waals surface area contributed by atoms with Crippen molar-refractivity contribution < 1.29 is 22.1 Å². The molecular weight excluding hydrogens is 459 g/mol. The van der Waals surface area contributed by atoms with E-state index in [4.69, 9.17) is 15.7 Å². The Labute approximate surface area is 194 Å². The molecule has 4 N–H and O–H groups in total. The SMILES string of the molecule is CS(=O)(=O)c1c(-c2ccccc2)ccc(NC(=O)c2conc2-c2cccc(C(=N)N)c2)c1F. The maximum atomic E-state index is 15.4. The molecule has 1 aromatic heterocycles. The average Bonchev–Trinajstić information content (AvgIpc) is 3.30. The number of aromatic nitrogens is 1. The van der Waals surface area contributed by atoms with Gasteiger partial charge < -0.3 is 15.6 Å². The Morgan fingerprint density at radius 1 is 1.06 bits per heavy atom. The normalized spacial score (nSPS) is 11.2. The van der Waals surface area contributed by atoms with Gasteiger partial charge in [-0.25, -0.2) is 12.8 Å². The highest BCUT2D eigenvalue weighted by molar-refractivity contribution is 7.90. The van der Waals surface area contributed by atoms with Crippen LogP contribution >= 0.6 is 0 Å². The fourth-order valence-corrected chi connectivity index (χ4v) is 4.51. The third kappa shape index (κ3) is 4.44. The van der Waals surface area contributed by atoms with Gasteiger partial charge in [0.1, 0.15) is 28.3 Å². The van der Waals surface area contributed by atoms with Crippen molar-refractivity contribution in [1.29, 1.82) is 5.41 Å². The van der Waals surface area contributed by atoms with Crippen LogP contribution in [0.1, 0.15) is 15.9 Å². The van der Waals surface area contributed by atoms with E-state index < -0.39 is 26.5 Å². The molecule has 172 valence electrons. The summed E-state index contributed by atoms with van der Waals surface area (Å²) < 4.78 is 45.2. The van der Waals surface area contributed by atoms with Gasteiger partial charge in [0.05, 0.1) is 5.69 Å². The van der Waals surface area contributed by atoms with E-state index in [1.807, 2.05) is 0 Å². The number of hydrogen-bond acceptors (Lipinski definition) is 6. The highest BCUT2D eigenvalue weighted by Crippen LogP contribution is 2.34. The number of nitrogen functional groups attached to an aromatic ring is 1. The number of hydrogen-bond donors (Lipinski definition) is 3. The van der Waals surface area contributed by atoms with Crippen LogP contribution in [0.5, 0.6) is 0 Å². The lowest BCUT2D eigenvalue weighted by Crippen LogP contribution is -2.15. The summed E-state index contributed by atoms with van der Waals surface area (Å²) in [4.78, 5) is 12.4. The van der Waals surface area contributed by atoms with Crippen molar-refractivity contribution in [2.45, 2.75) is 4.90 Å². The zero-order valence-corrected chi connectivity index (χ0v) is 18.7. The van der Waals surface area contributed by atoms with Gasteiger partial charge in [-0.1, -0.05) is 59.8 Å². The largest absolute Gasteiger partial charge is 0.384 e. The summed E-state index contributed by atoms with van der Waals surface area (Å²) in [6.45, 7) is 0. The van der Waals surface area contributed by atoms with E-state index in [0.717, 1.165) is 12.5 Å². The number of nitrogens with two attached hydrogens (primary N) is 1. The number of anilines is 1. The Morgan fingerprint density at radius 2 is 1.76 bits per heavy atom. The second-order valence-corrected chi connectivity index (χ2v) is 9.42. The van der Waals surface area contributed by atoms with Crippen molar-refractivity contribution in [2.24, 2.45) is 5.73 Å². The van der Waals surface area contributed by atoms with Gasteiger partial charge >= 0.3 is 0 Å². The molecule has 0 unspecified atom stereocenters. The summed E-state index contributed by atoms with van der Waals surface area (Å²) in [6, 6.07) is 17.7. The quantitative estimate of drug-likeness (QED) is 0.282. The molecule has 1 amide bonds. The zero-order chi connectivity index (χ0) is 24.5. The maximum Gasteiger partial charge on any atom is 0.261 e. The van der Waals surface area contributed by atoms with Crippen molar-refractivity contribution in [2.75, 3.05) is 11.6 Å². The fourth-order valence-electron chi connectivity index (χ4n) is 3.49. The molecule has 0 saturated heterocycles. The van der Waals surface area contributed by atoms with Crippen LogP contribution in [0.2, 0.25) is 0 Å².